The first-order valence-electron chi connectivity index (χ1n) is 6.93. The number of benzene rings is 1. The lowest BCUT2D eigenvalue weighted by Gasteiger charge is -2.37. The van der Waals surface area contributed by atoms with E-state index in [-0.39, 0.29) is 0 Å². The lowest BCUT2D eigenvalue weighted by Crippen LogP contribution is -2.36. The van der Waals surface area contributed by atoms with Crippen LogP contribution < -0.4 is 0 Å². The maximum atomic E-state index is 10.9. The number of piperidine rings is 1. The maximum Gasteiger partial charge on any atom is 0.335 e. The van der Waals surface area contributed by atoms with Crippen LogP contribution in [0, 0.1) is 12.3 Å². The van der Waals surface area contributed by atoms with Crippen molar-refractivity contribution in [2.75, 3.05) is 13.1 Å². The number of hydrogen-bond acceptors (Lipinski definition) is 2. The average molecular weight is 261 g/mol. The van der Waals surface area contributed by atoms with Gasteiger partial charge in [-0.1, -0.05) is 19.9 Å². The van der Waals surface area contributed by atoms with E-state index in [2.05, 4.69) is 18.7 Å². The van der Waals surface area contributed by atoms with Crippen molar-refractivity contribution in [3.63, 3.8) is 0 Å². The fourth-order valence-corrected chi connectivity index (χ4v) is 2.56. The van der Waals surface area contributed by atoms with Crippen molar-refractivity contribution in [3.05, 3.63) is 34.9 Å². The number of hydrogen-bond donors (Lipinski definition) is 1. The third kappa shape index (κ3) is 3.57. The Morgan fingerprint density at radius 2 is 1.95 bits per heavy atom. The molecule has 1 N–H and O–H groups in total. The number of rotatable bonds is 3. The van der Waals surface area contributed by atoms with E-state index >= 15 is 0 Å². The molecule has 0 radical (unpaired) electrons. The van der Waals surface area contributed by atoms with E-state index < -0.39 is 5.97 Å². The van der Waals surface area contributed by atoms with Gasteiger partial charge in [-0.2, -0.15) is 0 Å². The van der Waals surface area contributed by atoms with E-state index in [0.717, 1.165) is 25.2 Å². The molecule has 1 aromatic rings. The Kier molecular flexibility index (Phi) is 3.95. The first-order valence-corrected chi connectivity index (χ1v) is 6.93. The van der Waals surface area contributed by atoms with Crippen LogP contribution in [0.25, 0.3) is 0 Å². The molecular weight excluding hydrogens is 238 g/mol. The number of carboxylic acids is 1. The summed E-state index contributed by atoms with van der Waals surface area (Å²) in [5, 5.41) is 8.97. The molecule has 0 bridgehead atoms. The molecule has 0 unspecified atom stereocenters. The van der Waals surface area contributed by atoms with Gasteiger partial charge in [0.15, 0.2) is 0 Å². The lowest BCUT2D eigenvalue weighted by molar-refractivity contribution is 0.0696. The summed E-state index contributed by atoms with van der Waals surface area (Å²) in [5.41, 5.74) is 3.16. The first kappa shape index (κ1) is 14.1. The van der Waals surface area contributed by atoms with Crippen LogP contribution >= 0.6 is 0 Å². The molecule has 0 spiro atoms. The normalized spacial score (nSPS) is 19.3. The number of carbonyl (C=O) groups is 1. The van der Waals surface area contributed by atoms with E-state index in [9.17, 15) is 4.79 Å². The highest BCUT2D eigenvalue weighted by molar-refractivity contribution is 5.87. The van der Waals surface area contributed by atoms with Crippen LogP contribution in [-0.4, -0.2) is 29.1 Å². The maximum absolute atomic E-state index is 10.9. The van der Waals surface area contributed by atoms with Crippen LogP contribution in [-0.2, 0) is 6.54 Å². The van der Waals surface area contributed by atoms with E-state index in [1.165, 1.54) is 18.4 Å². The summed E-state index contributed by atoms with van der Waals surface area (Å²) in [6.07, 6.45) is 2.47. The molecule has 1 saturated heterocycles. The largest absolute Gasteiger partial charge is 0.478 e. The molecule has 1 heterocycles. The summed E-state index contributed by atoms with van der Waals surface area (Å²) in [6.45, 7) is 9.85. The second-order valence-corrected chi connectivity index (χ2v) is 6.39. The zero-order chi connectivity index (χ0) is 14.0. The number of carboxylic acid groups (broad SMARTS) is 1. The second kappa shape index (κ2) is 5.33. The van der Waals surface area contributed by atoms with Gasteiger partial charge in [0.2, 0.25) is 0 Å². The molecule has 1 aliphatic heterocycles. The first-order chi connectivity index (χ1) is 8.87. The van der Waals surface area contributed by atoms with Crippen molar-refractivity contribution in [2.45, 2.75) is 40.2 Å². The number of aromatic carboxylic acids is 1. The molecule has 3 nitrogen and oxygen atoms in total. The molecule has 0 aromatic heterocycles. The molecule has 104 valence electrons. The van der Waals surface area contributed by atoms with Gasteiger partial charge < -0.3 is 5.11 Å². The van der Waals surface area contributed by atoms with Crippen LogP contribution in [0.5, 0.6) is 0 Å². The van der Waals surface area contributed by atoms with E-state index in [4.69, 9.17) is 5.11 Å². The predicted octanol–water partition coefficient (Wildman–Crippen LogP) is 3.32. The molecule has 1 aliphatic rings. The smallest absolute Gasteiger partial charge is 0.335 e. The molecule has 19 heavy (non-hydrogen) atoms. The predicted molar refractivity (Wildman–Crippen MR) is 76.4 cm³/mol. The van der Waals surface area contributed by atoms with Crippen molar-refractivity contribution in [1.82, 2.24) is 4.90 Å². The summed E-state index contributed by atoms with van der Waals surface area (Å²) in [5.74, 6) is -0.852. The van der Waals surface area contributed by atoms with Crippen LogP contribution in [0.15, 0.2) is 18.2 Å². The van der Waals surface area contributed by atoms with Crippen molar-refractivity contribution in [3.8, 4) is 0 Å². The Bertz CT molecular complexity index is 470. The third-order valence-electron chi connectivity index (χ3n) is 4.19. The van der Waals surface area contributed by atoms with E-state index in [0.29, 0.717) is 11.0 Å². The van der Waals surface area contributed by atoms with Crippen molar-refractivity contribution in [1.29, 1.82) is 0 Å². The minimum atomic E-state index is -0.852. The van der Waals surface area contributed by atoms with Crippen molar-refractivity contribution < 1.29 is 9.90 Å². The van der Waals surface area contributed by atoms with Crippen molar-refractivity contribution >= 4 is 5.97 Å². The summed E-state index contributed by atoms with van der Waals surface area (Å²) in [7, 11) is 0. The van der Waals surface area contributed by atoms with E-state index in [1.54, 1.807) is 12.1 Å². The zero-order valence-corrected chi connectivity index (χ0v) is 12.1. The monoisotopic (exact) mass is 261 g/mol. The highest BCUT2D eigenvalue weighted by Gasteiger charge is 2.25. The third-order valence-corrected chi connectivity index (χ3v) is 4.19. The summed E-state index contributed by atoms with van der Waals surface area (Å²) < 4.78 is 0. The Morgan fingerprint density at radius 3 is 2.47 bits per heavy atom. The molecule has 0 aliphatic carbocycles. The number of aryl methyl sites for hydroxylation is 1. The second-order valence-electron chi connectivity index (χ2n) is 6.39. The Balaban J connectivity index is 2.02. The van der Waals surface area contributed by atoms with Gasteiger partial charge >= 0.3 is 5.97 Å². The van der Waals surface area contributed by atoms with Crippen LogP contribution in [0.2, 0.25) is 0 Å². The quantitative estimate of drug-likeness (QED) is 0.907. The van der Waals surface area contributed by atoms with Crippen LogP contribution in [0.3, 0.4) is 0 Å². The number of likely N-dealkylation sites (tertiary alicyclic amines) is 1. The fourth-order valence-electron chi connectivity index (χ4n) is 2.56. The van der Waals surface area contributed by atoms with Gasteiger partial charge in [-0.3, -0.25) is 4.90 Å². The highest BCUT2D eigenvalue weighted by Crippen LogP contribution is 2.30. The molecule has 1 aromatic carbocycles. The van der Waals surface area contributed by atoms with Gasteiger partial charge in [-0.05, 0) is 61.5 Å². The van der Waals surface area contributed by atoms with Gasteiger partial charge in [0.05, 0.1) is 5.56 Å². The topological polar surface area (TPSA) is 40.5 Å². The molecular formula is C16H23NO2. The molecule has 0 saturated carbocycles. The Hall–Kier alpha value is -1.35. The molecule has 2 rings (SSSR count). The lowest BCUT2D eigenvalue weighted by atomic mass is 9.82. The average Bonchev–Trinajstić information content (AvgIpc) is 2.34. The minimum Gasteiger partial charge on any atom is -0.478 e. The van der Waals surface area contributed by atoms with Gasteiger partial charge in [0, 0.05) is 6.54 Å². The van der Waals surface area contributed by atoms with Gasteiger partial charge in [0.1, 0.15) is 0 Å². The summed E-state index contributed by atoms with van der Waals surface area (Å²) in [6, 6.07) is 5.43. The number of nitrogens with zero attached hydrogens (tertiary/aromatic N) is 1. The standard InChI is InChI=1S/C16H23NO2/c1-12-10-13(15(18)19)4-5-14(12)11-17-8-6-16(2,3)7-9-17/h4-5,10H,6-9,11H2,1-3H3,(H,18,19). The summed E-state index contributed by atoms with van der Waals surface area (Å²) >= 11 is 0. The van der Waals surface area contributed by atoms with E-state index in [1.807, 2.05) is 13.0 Å². The molecule has 0 amide bonds. The SMILES string of the molecule is Cc1cc(C(=O)O)ccc1CN1CCC(C)(C)CC1. The van der Waals surface area contributed by atoms with Gasteiger partial charge in [-0.25, -0.2) is 4.79 Å². The van der Waals surface area contributed by atoms with Crippen LogP contribution in [0.4, 0.5) is 0 Å². The van der Waals surface area contributed by atoms with Gasteiger partial charge in [0.25, 0.3) is 0 Å². The fraction of sp³-hybridized carbons (Fsp3) is 0.562. The Labute approximate surface area is 115 Å². The molecule has 0 atom stereocenters. The van der Waals surface area contributed by atoms with Crippen molar-refractivity contribution in [2.24, 2.45) is 5.41 Å². The highest BCUT2D eigenvalue weighted by atomic mass is 16.4. The van der Waals surface area contributed by atoms with Crippen LogP contribution in [0.1, 0.15) is 48.2 Å². The molecule has 3 heteroatoms. The molecule has 1 fully saturated rings. The minimum absolute atomic E-state index is 0.376. The zero-order valence-electron chi connectivity index (χ0n) is 12.1. The Morgan fingerprint density at radius 1 is 1.32 bits per heavy atom. The van der Waals surface area contributed by atoms with Gasteiger partial charge in [-0.15, -0.1) is 0 Å². The summed E-state index contributed by atoms with van der Waals surface area (Å²) in [4.78, 5) is 13.4.